The van der Waals surface area contributed by atoms with E-state index in [1.165, 1.54) is 43.6 Å². The van der Waals surface area contributed by atoms with Crippen molar-refractivity contribution in [3.05, 3.63) is 146 Å². The lowest BCUT2D eigenvalue weighted by atomic mass is 10.1. The zero-order chi connectivity index (χ0) is 26.9. The molecule has 0 saturated heterocycles. The minimum Gasteiger partial charge on any atom is -0.307 e. The van der Waals surface area contributed by atoms with Gasteiger partial charge in [-0.25, -0.2) is 4.98 Å². The fraction of sp³-hybridized carbons (Fsp3) is 0. The fourth-order valence-electron chi connectivity index (χ4n) is 6.55. The van der Waals surface area contributed by atoms with E-state index in [-0.39, 0.29) is 0 Å². The molecule has 0 bridgehead atoms. The number of benzene rings is 6. The molecule has 6 aromatic carbocycles. The molecule has 3 heterocycles. The van der Waals surface area contributed by atoms with E-state index in [0.29, 0.717) is 0 Å². The van der Waals surface area contributed by atoms with Crippen LogP contribution in [0.3, 0.4) is 0 Å². The van der Waals surface area contributed by atoms with Gasteiger partial charge in [0.2, 0.25) is 0 Å². The Kier molecular flexibility index (Phi) is 4.58. The van der Waals surface area contributed by atoms with Gasteiger partial charge in [-0.3, -0.25) is 4.57 Å². The minimum absolute atomic E-state index is 0.966. The van der Waals surface area contributed by atoms with Crippen LogP contribution in [-0.2, 0) is 0 Å². The third-order valence-electron chi connectivity index (χ3n) is 8.31. The molecule has 41 heavy (non-hydrogen) atoms. The fourth-order valence-corrected chi connectivity index (χ4v) is 6.55. The Balaban J connectivity index is 1.43. The largest absolute Gasteiger partial charge is 0.307 e. The average Bonchev–Trinajstić information content (AvgIpc) is 3.71. The molecule has 0 aliphatic heterocycles. The van der Waals surface area contributed by atoms with Gasteiger partial charge in [-0.2, -0.15) is 0 Å². The number of hydrogen-bond acceptors (Lipinski definition) is 1. The summed E-state index contributed by atoms with van der Waals surface area (Å²) in [6.07, 6.45) is 1.92. The van der Waals surface area contributed by atoms with Gasteiger partial charge in [-0.1, -0.05) is 84.9 Å². The van der Waals surface area contributed by atoms with Crippen LogP contribution in [-0.4, -0.2) is 18.7 Å². The monoisotopic (exact) mass is 524 g/mol. The molecule has 4 nitrogen and oxygen atoms in total. The number of fused-ring (bicyclic) bond motifs is 8. The van der Waals surface area contributed by atoms with Gasteiger partial charge in [0.25, 0.3) is 0 Å². The second kappa shape index (κ2) is 8.44. The van der Waals surface area contributed by atoms with E-state index < -0.39 is 0 Å². The molecule has 0 amide bonds. The van der Waals surface area contributed by atoms with Crippen molar-refractivity contribution in [2.75, 3.05) is 0 Å². The van der Waals surface area contributed by atoms with Crippen LogP contribution in [0.5, 0.6) is 0 Å². The smallest absolute Gasteiger partial charge is 0.100 e. The lowest BCUT2D eigenvalue weighted by Crippen LogP contribution is -1.99. The summed E-state index contributed by atoms with van der Waals surface area (Å²) in [6, 6.07) is 49.7. The van der Waals surface area contributed by atoms with Gasteiger partial charge in [0.15, 0.2) is 0 Å². The SMILES string of the molecule is c1ccc(-n2cnc3cc(-n4c5ccccc5c5ccc6c7ccccc7n(-c7ccccc7)c6c54)ccc32)cc1. The topological polar surface area (TPSA) is 27.7 Å². The highest BCUT2D eigenvalue weighted by Crippen LogP contribution is 2.41. The number of para-hydroxylation sites is 4. The highest BCUT2D eigenvalue weighted by atomic mass is 15.1. The van der Waals surface area contributed by atoms with Crippen LogP contribution in [0.15, 0.2) is 146 Å². The molecule has 9 aromatic rings. The molecule has 0 N–H and O–H groups in total. The molecule has 4 heteroatoms. The zero-order valence-electron chi connectivity index (χ0n) is 22.1. The molecule has 3 aromatic heterocycles. The van der Waals surface area contributed by atoms with Crippen molar-refractivity contribution in [2.45, 2.75) is 0 Å². The molecule has 0 aliphatic carbocycles. The summed E-state index contributed by atoms with van der Waals surface area (Å²) in [5.41, 5.74) is 10.2. The molecular formula is C37H24N4. The van der Waals surface area contributed by atoms with Crippen molar-refractivity contribution in [2.24, 2.45) is 0 Å². The summed E-state index contributed by atoms with van der Waals surface area (Å²) in [6.45, 7) is 0. The van der Waals surface area contributed by atoms with Crippen LogP contribution in [0.1, 0.15) is 0 Å². The lowest BCUT2D eigenvalue weighted by molar-refractivity contribution is 1.09. The van der Waals surface area contributed by atoms with E-state index in [4.69, 9.17) is 4.98 Å². The van der Waals surface area contributed by atoms with Crippen molar-refractivity contribution in [1.29, 1.82) is 0 Å². The first-order valence-corrected chi connectivity index (χ1v) is 13.9. The molecule has 0 atom stereocenters. The predicted octanol–water partition coefficient (Wildman–Crippen LogP) is 9.22. The maximum absolute atomic E-state index is 4.83. The zero-order valence-corrected chi connectivity index (χ0v) is 22.1. The molecule has 0 spiro atoms. The normalized spacial score (nSPS) is 11.9. The summed E-state index contributed by atoms with van der Waals surface area (Å²) in [5, 5.41) is 4.98. The minimum atomic E-state index is 0.966. The number of rotatable bonds is 3. The summed E-state index contributed by atoms with van der Waals surface area (Å²) in [5.74, 6) is 0. The molecule has 9 rings (SSSR count). The Morgan fingerprint density at radius 3 is 1.56 bits per heavy atom. The van der Waals surface area contributed by atoms with Crippen LogP contribution in [0.25, 0.3) is 71.7 Å². The molecule has 0 saturated carbocycles. The summed E-state index contributed by atoms with van der Waals surface area (Å²) < 4.78 is 6.99. The van der Waals surface area contributed by atoms with Gasteiger partial charge in [-0.15, -0.1) is 0 Å². The van der Waals surface area contributed by atoms with E-state index in [1.807, 2.05) is 12.4 Å². The maximum atomic E-state index is 4.83. The first kappa shape index (κ1) is 22.2. The van der Waals surface area contributed by atoms with Gasteiger partial charge in [0.05, 0.1) is 33.1 Å². The van der Waals surface area contributed by atoms with Crippen molar-refractivity contribution >= 4 is 54.6 Å². The second-order valence-corrected chi connectivity index (χ2v) is 10.5. The van der Waals surface area contributed by atoms with Gasteiger partial charge in [-0.05, 0) is 54.6 Å². The second-order valence-electron chi connectivity index (χ2n) is 10.5. The van der Waals surface area contributed by atoms with Gasteiger partial charge >= 0.3 is 0 Å². The molecule has 0 fully saturated rings. The van der Waals surface area contributed by atoms with Crippen molar-refractivity contribution in [1.82, 2.24) is 18.7 Å². The molecule has 0 radical (unpaired) electrons. The molecule has 192 valence electrons. The van der Waals surface area contributed by atoms with Crippen LogP contribution >= 0.6 is 0 Å². The van der Waals surface area contributed by atoms with E-state index in [0.717, 1.165) is 28.1 Å². The summed E-state index contributed by atoms with van der Waals surface area (Å²) >= 11 is 0. The Hall–Kier alpha value is -5.61. The number of nitrogens with zero attached hydrogens (tertiary/aromatic N) is 4. The quantitative estimate of drug-likeness (QED) is 0.226. The Labute approximate surface area is 235 Å². The van der Waals surface area contributed by atoms with Gasteiger partial charge < -0.3 is 9.13 Å². The van der Waals surface area contributed by atoms with Crippen LogP contribution in [0.4, 0.5) is 0 Å². The van der Waals surface area contributed by atoms with Crippen molar-refractivity contribution in [3.63, 3.8) is 0 Å². The van der Waals surface area contributed by atoms with Crippen LogP contribution in [0.2, 0.25) is 0 Å². The van der Waals surface area contributed by atoms with Crippen molar-refractivity contribution < 1.29 is 0 Å². The van der Waals surface area contributed by atoms with Crippen LogP contribution < -0.4 is 0 Å². The predicted molar refractivity (Wildman–Crippen MR) is 170 cm³/mol. The Morgan fingerprint density at radius 1 is 0.390 bits per heavy atom. The van der Waals surface area contributed by atoms with Crippen LogP contribution in [0, 0.1) is 0 Å². The average molecular weight is 525 g/mol. The molecule has 0 aliphatic rings. The van der Waals surface area contributed by atoms with E-state index in [2.05, 4.69) is 147 Å². The third kappa shape index (κ3) is 3.13. The number of hydrogen-bond donors (Lipinski definition) is 0. The van der Waals surface area contributed by atoms with Gasteiger partial charge in [0, 0.05) is 38.6 Å². The third-order valence-corrected chi connectivity index (χ3v) is 8.31. The Morgan fingerprint density at radius 2 is 0.927 bits per heavy atom. The highest BCUT2D eigenvalue weighted by Gasteiger charge is 2.21. The van der Waals surface area contributed by atoms with E-state index in [1.54, 1.807) is 0 Å². The maximum Gasteiger partial charge on any atom is 0.100 e. The Bertz CT molecular complexity index is 2410. The number of imidazole rings is 1. The highest BCUT2D eigenvalue weighted by molar-refractivity contribution is 6.23. The first-order chi connectivity index (χ1) is 20.4. The van der Waals surface area contributed by atoms with Crippen molar-refractivity contribution in [3.8, 4) is 17.1 Å². The number of aromatic nitrogens is 4. The summed E-state index contributed by atoms with van der Waals surface area (Å²) in [7, 11) is 0. The summed E-state index contributed by atoms with van der Waals surface area (Å²) in [4.78, 5) is 4.83. The standard InChI is InChI=1S/C37H24N4/c1-3-11-25(12-4-1)39-24-38-32-23-27(19-22-35(32)39)41-34-18-10-8-16-29(34)31-21-20-30-28-15-7-9-17-33(28)40(36(30)37(31)41)26-13-5-2-6-14-26/h1-24H. The van der Waals surface area contributed by atoms with E-state index >= 15 is 0 Å². The first-order valence-electron chi connectivity index (χ1n) is 13.9. The molecular weight excluding hydrogens is 500 g/mol. The van der Waals surface area contributed by atoms with E-state index in [9.17, 15) is 0 Å². The molecule has 0 unspecified atom stereocenters. The van der Waals surface area contributed by atoms with Gasteiger partial charge in [0.1, 0.15) is 6.33 Å². The lowest BCUT2D eigenvalue weighted by Gasteiger charge is -2.13.